The minimum atomic E-state index is -0.121. The van der Waals surface area contributed by atoms with Crippen molar-refractivity contribution in [2.45, 2.75) is 29.4 Å². The molecular weight excluding hydrogens is 320 g/mol. The molecule has 2 heterocycles. The molecule has 1 atom stereocenters. The normalized spacial score (nSPS) is 19.4. The predicted octanol–water partition coefficient (Wildman–Crippen LogP) is 3.47. The molecule has 2 aromatic rings. The molecule has 1 saturated heterocycles. The molecule has 0 radical (unpaired) electrons. The first-order valence-electron chi connectivity index (χ1n) is 8.17. The van der Waals surface area contributed by atoms with Crippen molar-refractivity contribution < 1.29 is 9.59 Å². The summed E-state index contributed by atoms with van der Waals surface area (Å²) < 4.78 is 0. The van der Waals surface area contributed by atoms with Crippen LogP contribution in [0.4, 0.5) is 11.4 Å². The lowest BCUT2D eigenvalue weighted by molar-refractivity contribution is -0.117. The molecule has 0 spiro atoms. The molecule has 5 heteroatoms. The van der Waals surface area contributed by atoms with Crippen LogP contribution in [-0.4, -0.2) is 23.6 Å². The van der Waals surface area contributed by atoms with Gasteiger partial charge in [-0.2, -0.15) is 0 Å². The third-order valence-corrected chi connectivity index (χ3v) is 5.78. The summed E-state index contributed by atoms with van der Waals surface area (Å²) in [5, 5.41) is 2.91. The largest absolute Gasteiger partial charge is 0.323 e. The molecule has 1 N–H and O–H groups in total. The lowest BCUT2D eigenvalue weighted by atomic mass is 10.1. The zero-order chi connectivity index (χ0) is 16.5. The zero-order valence-electron chi connectivity index (χ0n) is 13.2. The Balaban J connectivity index is 1.52. The number of benzene rings is 2. The van der Waals surface area contributed by atoms with Gasteiger partial charge in [0.1, 0.15) is 0 Å². The summed E-state index contributed by atoms with van der Waals surface area (Å²) in [7, 11) is 0. The minimum Gasteiger partial charge on any atom is -0.323 e. The quantitative estimate of drug-likeness (QED) is 0.932. The van der Waals surface area contributed by atoms with Crippen LogP contribution in [0.25, 0.3) is 0 Å². The van der Waals surface area contributed by atoms with Gasteiger partial charge in [-0.05, 0) is 36.6 Å². The molecule has 122 valence electrons. The van der Waals surface area contributed by atoms with Crippen LogP contribution in [0.5, 0.6) is 0 Å². The van der Waals surface area contributed by atoms with Gasteiger partial charge in [-0.15, -0.1) is 11.8 Å². The van der Waals surface area contributed by atoms with E-state index >= 15 is 0 Å². The Kier molecular flexibility index (Phi) is 4.02. The fourth-order valence-corrected chi connectivity index (χ4v) is 4.45. The summed E-state index contributed by atoms with van der Waals surface area (Å²) in [6, 6.07) is 15.7. The Labute approximate surface area is 145 Å². The maximum Gasteiger partial charge on any atom is 0.238 e. The first-order valence-corrected chi connectivity index (χ1v) is 9.05. The third kappa shape index (κ3) is 2.80. The molecule has 0 saturated carbocycles. The van der Waals surface area contributed by atoms with E-state index in [0.29, 0.717) is 12.1 Å². The number of anilines is 2. The molecule has 4 rings (SSSR count). The van der Waals surface area contributed by atoms with Crippen LogP contribution in [0, 0.1) is 0 Å². The summed E-state index contributed by atoms with van der Waals surface area (Å²) >= 11 is 1.61. The molecule has 2 aromatic carbocycles. The molecule has 1 fully saturated rings. The number of hydrogen-bond acceptors (Lipinski definition) is 3. The SMILES string of the molecule is O=C(Nc1ccccc1N1CCCC1=O)[C@@H]1Cc2ccccc2S1. The molecule has 4 nitrogen and oxygen atoms in total. The monoisotopic (exact) mass is 338 g/mol. The molecule has 24 heavy (non-hydrogen) atoms. The highest BCUT2D eigenvalue weighted by atomic mass is 32.2. The van der Waals surface area contributed by atoms with Gasteiger partial charge in [-0.25, -0.2) is 0 Å². The van der Waals surface area contributed by atoms with Crippen LogP contribution < -0.4 is 10.2 Å². The average Bonchev–Trinajstić information content (AvgIpc) is 3.21. The van der Waals surface area contributed by atoms with Crippen molar-refractivity contribution in [2.24, 2.45) is 0 Å². The smallest absolute Gasteiger partial charge is 0.238 e. The second kappa shape index (κ2) is 6.32. The molecule has 0 bridgehead atoms. The van der Waals surface area contributed by atoms with Crippen molar-refractivity contribution in [3.63, 3.8) is 0 Å². The van der Waals surface area contributed by atoms with Crippen LogP contribution in [0.3, 0.4) is 0 Å². The van der Waals surface area contributed by atoms with Crippen molar-refractivity contribution in [2.75, 3.05) is 16.8 Å². The van der Waals surface area contributed by atoms with Crippen molar-refractivity contribution in [3.05, 3.63) is 54.1 Å². The predicted molar refractivity (Wildman–Crippen MR) is 96.4 cm³/mol. The Morgan fingerprint density at radius 3 is 2.71 bits per heavy atom. The Bertz CT molecular complexity index is 780. The summed E-state index contributed by atoms with van der Waals surface area (Å²) in [4.78, 5) is 27.7. The Morgan fingerprint density at radius 2 is 1.92 bits per heavy atom. The average molecular weight is 338 g/mol. The maximum absolute atomic E-state index is 12.7. The highest BCUT2D eigenvalue weighted by Crippen LogP contribution is 2.38. The molecule has 0 aromatic heterocycles. The number of rotatable bonds is 3. The van der Waals surface area contributed by atoms with E-state index in [-0.39, 0.29) is 17.1 Å². The molecule has 2 aliphatic heterocycles. The highest BCUT2D eigenvalue weighted by Gasteiger charge is 2.29. The van der Waals surface area contributed by atoms with Gasteiger partial charge in [0.15, 0.2) is 0 Å². The number of fused-ring (bicyclic) bond motifs is 1. The number of nitrogens with one attached hydrogen (secondary N) is 1. The van der Waals surface area contributed by atoms with Crippen LogP contribution in [0.2, 0.25) is 0 Å². The number of thioether (sulfide) groups is 1. The van der Waals surface area contributed by atoms with Gasteiger partial charge in [-0.1, -0.05) is 30.3 Å². The minimum absolute atomic E-state index is 0.00436. The first-order chi connectivity index (χ1) is 11.7. The topological polar surface area (TPSA) is 49.4 Å². The van der Waals surface area contributed by atoms with Gasteiger partial charge in [0.25, 0.3) is 0 Å². The zero-order valence-corrected chi connectivity index (χ0v) is 14.0. The van der Waals surface area contributed by atoms with E-state index in [1.807, 2.05) is 36.4 Å². The van der Waals surface area contributed by atoms with E-state index < -0.39 is 0 Å². The van der Waals surface area contributed by atoms with E-state index in [9.17, 15) is 9.59 Å². The van der Waals surface area contributed by atoms with E-state index in [4.69, 9.17) is 0 Å². The number of para-hydroxylation sites is 2. The van der Waals surface area contributed by atoms with Crippen molar-refractivity contribution in [1.82, 2.24) is 0 Å². The number of carbonyl (C=O) groups excluding carboxylic acids is 2. The lowest BCUT2D eigenvalue weighted by Crippen LogP contribution is -2.28. The summed E-state index contributed by atoms with van der Waals surface area (Å²) in [6.07, 6.45) is 2.20. The van der Waals surface area contributed by atoms with Crippen molar-refractivity contribution in [3.8, 4) is 0 Å². The van der Waals surface area contributed by atoms with Crippen LogP contribution in [0.15, 0.2) is 53.4 Å². The standard InChI is InChI=1S/C19H18N2O2S/c22-18-10-5-11-21(18)15-8-3-2-7-14(15)20-19(23)17-12-13-6-1-4-9-16(13)24-17/h1-4,6-9,17H,5,10-12H2,(H,20,23)/t17-/m0/s1. The van der Waals surface area contributed by atoms with Gasteiger partial charge in [0, 0.05) is 17.9 Å². The second-order valence-corrected chi connectivity index (χ2v) is 7.32. The number of amides is 2. The maximum atomic E-state index is 12.7. The van der Waals surface area contributed by atoms with Gasteiger partial charge < -0.3 is 10.2 Å². The number of nitrogens with zero attached hydrogens (tertiary/aromatic N) is 1. The van der Waals surface area contributed by atoms with Gasteiger partial charge >= 0.3 is 0 Å². The van der Waals surface area contributed by atoms with E-state index in [1.165, 1.54) is 10.5 Å². The summed E-state index contributed by atoms with van der Waals surface area (Å²) in [6.45, 7) is 0.718. The van der Waals surface area contributed by atoms with Gasteiger partial charge in [-0.3, -0.25) is 9.59 Å². The van der Waals surface area contributed by atoms with Crippen LogP contribution >= 0.6 is 11.8 Å². The van der Waals surface area contributed by atoms with Crippen LogP contribution in [0.1, 0.15) is 18.4 Å². The van der Waals surface area contributed by atoms with E-state index in [0.717, 1.165) is 25.1 Å². The summed E-state index contributed by atoms with van der Waals surface area (Å²) in [5.41, 5.74) is 2.74. The Hall–Kier alpha value is -2.27. The molecule has 2 amide bonds. The van der Waals surface area contributed by atoms with Crippen LogP contribution in [-0.2, 0) is 16.0 Å². The molecular formula is C19H18N2O2S. The highest BCUT2D eigenvalue weighted by molar-refractivity contribution is 8.01. The van der Waals surface area contributed by atoms with E-state index in [2.05, 4.69) is 17.4 Å². The third-order valence-electron chi connectivity index (χ3n) is 4.47. The molecule has 0 unspecified atom stereocenters. The van der Waals surface area contributed by atoms with Gasteiger partial charge in [0.2, 0.25) is 11.8 Å². The lowest BCUT2D eigenvalue weighted by Gasteiger charge is -2.20. The summed E-state index contributed by atoms with van der Waals surface area (Å²) in [5.74, 6) is 0.120. The fourth-order valence-electron chi connectivity index (χ4n) is 3.26. The van der Waals surface area contributed by atoms with E-state index in [1.54, 1.807) is 16.7 Å². The first kappa shape index (κ1) is 15.3. The second-order valence-electron chi connectivity index (χ2n) is 6.07. The van der Waals surface area contributed by atoms with Crippen molar-refractivity contribution in [1.29, 1.82) is 0 Å². The number of carbonyl (C=O) groups is 2. The molecule has 0 aliphatic carbocycles. The fraction of sp³-hybridized carbons (Fsp3) is 0.263. The van der Waals surface area contributed by atoms with Gasteiger partial charge in [0.05, 0.1) is 16.6 Å². The molecule has 2 aliphatic rings. The Morgan fingerprint density at radius 1 is 1.12 bits per heavy atom. The number of hydrogen-bond donors (Lipinski definition) is 1. The van der Waals surface area contributed by atoms with Crippen molar-refractivity contribution >= 4 is 35.0 Å².